The second-order valence-electron chi connectivity index (χ2n) is 7.77. The molecule has 0 bridgehead atoms. The van der Waals surface area contributed by atoms with Crippen molar-refractivity contribution in [2.45, 2.75) is 25.0 Å². The summed E-state index contributed by atoms with van der Waals surface area (Å²) >= 11 is 0. The van der Waals surface area contributed by atoms with Crippen molar-refractivity contribution < 1.29 is 4.74 Å². The average Bonchev–Trinajstić information content (AvgIpc) is 3.20. The number of benzene rings is 3. The Morgan fingerprint density at radius 2 is 1.24 bits per heavy atom. The van der Waals surface area contributed by atoms with Gasteiger partial charge in [-0.3, -0.25) is 5.01 Å². The van der Waals surface area contributed by atoms with Crippen molar-refractivity contribution in [3.8, 4) is 0 Å². The molecule has 2 aliphatic rings. The summed E-state index contributed by atoms with van der Waals surface area (Å²) in [6.07, 6.45) is 3.50. The van der Waals surface area contributed by atoms with Crippen molar-refractivity contribution in [3.05, 3.63) is 120 Å². The van der Waals surface area contributed by atoms with Gasteiger partial charge >= 0.3 is 0 Å². The van der Waals surface area contributed by atoms with Gasteiger partial charge in [-0.15, -0.1) is 0 Å². The number of ether oxygens (including phenoxy) is 1. The van der Waals surface area contributed by atoms with Crippen molar-refractivity contribution in [2.24, 2.45) is 0 Å². The first kappa shape index (κ1) is 18.0. The van der Waals surface area contributed by atoms with Crippen molar-refractivity contribution in [1.82, 2.24) is 10.0 Å². The van der Waals surface area contributed by atoms with Gasteiger partial charge in [-0.1, -0.05) is 91.0 Å². The molecule has 3 heteroatoms. The van der Waals surface area contributed by atoms with E-state index in [0.717, 1.165) is 25.4 Å². The topological polar surface area (TPSA) is 15.7 Å². The second-order valence-corrected chi connectivity index (χ2v) is 7.77. The van der Waals surface area contributed by atoms with Gasteiger partial charge in [0, 0.05) is 19.5 Å². The van der Waals surface area contributed by atoms with Gasteiger partial charge in [-0.05, 0) is 29.7 Å². The van der Waals surface area contributed by atoms with Crippen LogP contribution >= 0.6 is 0 Å². The van der Waals surface area contributed by atoms with E-state index in [0.29, 0.717) is 0 Å². The van der Waals surface area contributed by atoms with E-state index in [1.54, 1.807) is 0 Å². The van der Waals surface area contributed by atoms with Crippen LogP contribution < -0.4 is 0 Å². The molecule has 2 heterocycles. The van der Waals surface area contributed by atoms with Gasteiger partial charge in [0.1, 0.15) is 5.54 Å². The molecular weight excluding hydrogens is 356 g/mol. The van der Waals surface area contributed by atoms with Crippen LogP contribution in [0.5, 0.6) is 0 Å². The Kier molecular flexibility index (Phi) is 4.61. The quantitative estimate of drug-likeness (QED) is 0.580. The minimum Gasteiger partial charge on any atom is -0.475 e. The minimum absolute atomic E-state index is 0.261. The largest absolute Gasteiger partial charge is 0.475 e. The lowest BCUT2D eigenvalue weighted by atomic mass is 9.76. The Morgan fingerprint density at radius 1 is 0.759 bits per heavy atom. The fourth-order valence-electron chi connectivity index (χ4n) is 4.70. The molecular formula is C26H26N2O. The highest BCUT2D eigenvalue weighted by Gasteiger charge is 2.48. The summed E-state index contributed by atoms with van der Waals surface area (Å²) in [5.41, 5.74) is 3.33. The van der Waals surface area contributed by atoms with Gasteiger partial charge in [-0.25, -0.2) is 0 Å². The number of hydrazine groups is 1. The first-order valence-electron chi connectivity index (χ1n) is 10.4. The van der Waals surface area contributed by atoms with E-state index in [1.807, 2.05) is 0 Å². The van der Waals surface area contributed by atoms with E-state index in [2.05, 4.69) is 114 Å². The van der Waals surface area contributed by atoms with Crippen LogP contribution in [0.15, 0.2) is 103 Å². The van der Waals surface area contributed by atoms with E-state index in [1.165, 1.54) is 16.7 Å². The molecule has 0 N–H and O–H groups in total. The monoisotopic (exact) mass is 382 g/mol. The third-order valence-corrected chi connectivity index (χ3v) is 6.02. The highest BCUT2D eigenvalue weighted by Crippen LogP contribution is 2.46. The molecule has 0 amide bonds. The Hall–Kier alpha value is -3.04. The molecule has 3 nitrogen and oxygen atoms in total. The Balaban J connectivity index is 1.76. The maximum absolute atomic E-state index is 6.19. The lowest BCUT2D eigenvalue weighted by Crippen LogP contribution is -2.55. The van der Waals surface area contributed by atoms with Crippen LogP contribution in [0.2, 0.25) is 0 Å². The van der Waals surface area contributed by atoms with Crippen molar-refractivity contribution in [1.29, 1.82) is 0 Å². The lowest BCUT2D eigenvalue weighted by Gasteiger charge is -2.49. The number of hydrogen-bond acceptors (Lipinski definition) is 3. The van der Waals surface area contributed by atoms with Crippen molar-refractivity contribution >= 4 is 0 Å². The summed E-state index contributed by atoms with van der Waals surface area (Å²) in [6.45, 7) is 3.92. The zero-order valence-electron chi connectivity index (χ0n) is 16.7. The maximum atomic E-state index is 6.19. The third-order valence-electron chi connectivity index (χ3n) is 6.02. The first-order chi connectivity index (χ1) is 14.3. The molecule has 1 fully saturated rings. The molecule has 1 saturated heterocycles. The molecule has 146 valence electrons. The van der Waals surface area contributed by atoms with E-state index in [4.69, 9.17) is 4.74 Å². The van der Waals surface area contributed by atoms with Gasteiger partial charge < -0.3 is 4.74 Å². The number of hydrogen-bond donors (Lipinski definition) is 0. The van der Waals surface area contributed by atoms with Crippen LogP contribution in [-0.2, 0) is 10.3 Å². The molecule has 3 aromatic rings. The highest BCUT2D eigenvalue weighted by molar-refractivity contribution is 5.50. The van der Waals surface area contributed by atoms with Gasteiger partial charge in [0.2, 0.25) is 5.88 Å². The maximum Gasteiger partial charge on any atom is 0.201 e. The van der Waals surface area contributed by atoms with E-state index >= 15 is 0 Å². The smallest absolute Gasteiger partial charge is 0.201 e. The molecule has 1 atom stereocenters. The summed E-state index contributed by atoms with van der Waals surface area (Å²) in [5, 5.41) is 4.82. The van der Waals surface area contributed by atoms with Crippen LogP contribution in [0.4, 0.5) is 0 Å². The number of nitrogens with zero attached hydrogens (tertiary/aromatic N) is 2. The first-order valence-corrected chi connectivity index (χ1v) is 10.4. The average molecular weight is 383 g/mol. The van der Waals surface area contributed by atoms with Crippen LogP contribution in [0, 0.1) is 0 Å². The molecule has 0 spiro atoms. The van der Waals surface area contributed by atoms with Gasteiger partial charge in [-0.2, -0.15) is 5.01 Å². The SMILES string of the molecule is CC1CCN2C(=CCN2C(c2ccccc2)(c2ccccc2)c2ccccc2)O1. The lowest BCUT2D eigenvalue weighted by molar-refractivity contribution is -0.111. The summed E-state index contributed by atoms with van der Waals surface area (Å²) in [6, 6.07) is 32.5. The molecule has 29 heavy (non-hydrogen) atoms. The normalized spacial score (nSPS) is 19.4. The van der Waals surface area contributed by atoms with Gasteiger partial charge in [0.05, 0.1) is 6.10 Å². The Bertz CT molecular complexity index is 888. The fraction of sp³-hybridized carbons (Fsp3) is 0.231. The van der Waals surface area contributed by atoms with Crippen LogP contribution in [0.3, 0.4) is 0 Å². The second kappa shape index (κ2) is 7.41. The number of rotatable bonds is 4. The molecule has 5 rings (SSSR count). The number of fused-ring (bicyclic) bond motifs is 1. The molecule has 0 aliphatic carbocycles. The fourth-order valence-corrected chi connectivity index (χ4v) is 4.70. The minimum atomic E-state index is -0.439. The summed E-state index contributed by atoms with van der Waals surface area (Å²) in [5.74, 6) is 0.982. The van der Waals surface area contributed by atoms with Crippen LogP contribution in [0.25, 0.3) is 0 Å². The predicted molar refractivity (Wildman–Crippen MR) is 116 cm³/mol. The Morgan fingerprint density at radius 3 is 1.72 bits per heavy atom. The van der Waals surface area contributed by atoms with E-state index < -0.39 is 5.54 Å². The highest BCUT2D eigenvalue weighted by atomic mass is 16.5. The predicted octanol–water partition coefficient (Wildman–Crippen LogP) is 5.16. The summed E-state index contributed by atoms with van der Waals surface area (Å²) < 4.78 is 6.19. The van der Waals surface area contributed by atoms with Crippen molar-refractivity contribution in [2.75, 3.05) is 13.1 Å². The molecule has 0 saturated carbocycles. The zero-order chi connectivity index (χ0) is 19.7. The standard InChI is InChI=1S/C26H26N2O/c1-21-17-19-27-25(29-21)18-20-28(27)26(22-11-5-2-6-12-22,23-13-7-3-8-14-23)24-15-9-4-10-16-24/h2-16,18,21H,17,19-20H2,1H3. The van der Waals surface area contributed by atoms with Gasteiger partial charge in [0.25, 0.3) is 0 Å². The third kappa shape index (κ3) is 2.93. The Labute approximate surface area is 172 Å². The molecule has 0 aromatic heterocycles. The molecule has 0 radical (unpaired) electrons. The van der Waals surface area contributed by atoms with Gasteiger partial charge in [0.15, 0.2) is 0 Å². The van der Waals surface area contributed by atoms with E-state index in [9.17, 15) is 0 Å². The van der Waals surface area contributed by atoms with E-state index in [-0.39, 0.29) is 6.10 Å². The summed E-state index contributed by atoms with van der Waals surface area (Å²) in [7, 11) is 0. The van der Waals surface area contributed by atoms with Crippen LogP contribution in [0.1, 0.15) is 30.0 Å². The molecule has 3 aromatic carbocycles. The van der Waals surface area contributed by atoms with Crippen LogP contribution in [-0.4, -0.2) is 29.2 Å². The zero-order valence-corrected chi connectivity index (χ0v) is 16.7. The molecule has 1 unspecified atom stereocenters. The van der Waals surface area contributed by atoms with Crippen molar-refractivity contribution in [3.63, 3.8) is 0 Å². The molecule has 2 aliphatic heterocycles. The summed E-state index contributed by atoms with van der Waals surface area (Å²) in [4.78, 5) is 0.